The number of imidazole rings is 1. The predicted molar refractivity (Wildman–Crippen MR) is 113 cm³/mol. The molecule has 7 nitrogen and oxygen atoms in total. The molecule has 29 heavy (non-hydrogen) atoms. The second kappa shape index (κ2) is 6.48. The molecule has 0 fully saturated rings. The lowest BCUT2D eigenvalue weighted by molar-refractivity contribution is 0.652. The second-order valence-corrected chi connectivity index (χ2v) is 7.44. The number of anilines is 2. The Morgan fingerprint density at radius 1 is 1.00 bits per heavy atom. The molecule has 1 aliphatic rings. The van der Waals surface area contributed by atoms with Gasteiger partial charge in [-0.2, -0.15) is 4.98 Å². The average molecular weight is 387 g/mol. The smallest absolute Gasteiger partial charge is 0.310 e. The van der Waals surface area contributed by atoms with Crippen LogP contribution in [0, 0.1) is 6.92 Å². The van der Waals surface area contributed by atoms with Gasteiger partial charge in [-0.1, -0.05) is 48.0 Å². The van der Waals surface area contributed by atoms with Crippen molar-refractivity contribution >= 4 is 22.8 Å². The van der Waals surface area contributed by atoms with Crippen LogP contribution < -0.4 is 16.1 Å². The zero-order valence-electron chi connectivity index (χ0n) is 16.4. The highest BCUT2D eigenvalue weighted by molar-refractivity contribution is 5.77. The van der Waals surface area contributed by atoms with Gasteiger partial charge in [0.2, 0.25) is 5.95 Å². The van der Waals surface area contributed by atoms with E-state index in [1.54, 1.807) is 7.05 Å². The molecule has 2 aromatic heterocycles. The molecule has 0 saturated carbocycles. The Kier molecular flexibility index (Phi) is 3.91. The zero-order chi connectivity index (χ0) is 20.1. The van der Waals surface area contributed by atoms with E-state index >= 15 is 0 Å². The molecule has 0 N–H and O–H groups in total. The van der Waals surface area contributed by atoms with Crippen molar-refractivity contribution in [2.75, 3.05) is 11.4 Å². The van der Waals surface area contributed by atoms with Crippen molar-refractivity contribution in [3.05, 3.63) is 86.6 Å². The summed E-state index contributed by atoms with van der Waals surface area (Å²) in [5.74, 6) is 0.701. The lowest BCUT2D eigenvalue weighted by Crippen LogP contribution is -2.40. The van der Waals surface area contributed by atoms with Gasteiger partial charge in [-0.05, 0) is 24.6 Å². The fraction of sp³-hybridized carbons (Fsp3) is 0.227. The molecule has 0 radical (unpaired) electrons. The van der Waals surface area contributed by atoms with Gasteiger partial charge < -0.3 is 9.47 Å². The fourth-order valence-corrected chi connectivity index (χ4v) is 4.06. The highest BCUT2D eigenvalue weighted by Crippen LogP contribution is 2.31. The monoisotopic (exact) mass is 387 g/mol. The summed E-state index contributed by atoms with van der Waals surface area (Å²) in [5, 5.41) is 0. The Labute approximate surface area is 167 Å². The van der Waals surface area contributed by atoms with E-state index in [1.165, 1.54) is 9.13 Å². The minimum Gasteiger partial charge on any atom is -0.310 e. The van der Waals surface area contributed by atoms with Gasteiger partial charge in [0.15, 0.2) is 11.2 Å². The van der Waals surface area contributed by atoms with E-state index in [0.717, 1.165) is 23.4 Å². The maximum Gasteiger partial charge on any atom is 0.332 e. The third-order valence-electron chi connectivity index (χ3n) is 5.49. The third-order valence-corrected chi connectivity index (χ3v) is 5.49. The first-order chi connectivity index (χ1) is 14.0. The number of aromatic nitrogens is 4. The molecule has 146 valence electrons. The van der Waals surface area contributed by atoms with Gasteiger partial charge in [-0.15, -0.1) is 0 Å². The average Bonchev–Trinajstić information content (AvgIpc) is 3.30. The lowest BCUT2D eigenvalue weighted by atomic mass is 10.1. The lowest BCUT2D eigenvalue weighted by Gasteiger charge is -2.15. The SMILES string of the molecule is Cc1cccc(Cn2c(=O)c3c(nc4n3CCN4c3ccccc3)n(C)c2=O)c1. The van der Waals surface area contributed by atoms with Gasteiger partial charge in [0.1, 0.15) is 0 Å². The molecule has 5 rings (SSSR count). The summed E-state index contributed by atoms with van der Waals surface area (Å²) in [6.07, 6.45) is 0. The number of aryl methyl sites for hydroxylation is 2. The minimum absolute atomic E-state index is 0.242. The molecule has 0 bridgehead atoms. The van der Waals surface area contributed by atoms with E-state index in [0.29, 0.717) is 23.7 Å². The van der Waals surface area contributed by atoms with Crippen LogP contribution >= 0.6 is 0 Å². The Balaban J connectivity index is 1.69. The molecular formula is C22H21N5O2. The van der Waals surface area contributed by atoms with Crippen LogP contribution in [-0.4, -0.2) is 25.2 Å². The molecule has 0 aliphatic carbocycles. The first-order valence-corrected chi connectivity index (χ1v) is 9.63. The molecule has 1 aliphatic heterocycles. The number of hydrogen-bond donors (Lipinski definition) is 0. The van der Waals surface area contributed by atoms with Crippen molar-refractivity contribution in [1.82, 2.24) is 18.7 Å². The standard InChI is InChI=1S/C22H21N5O2/c1-15-7-6-8-16(13-15)14-27-20(28)18-19(24(2)22(27)29)23-21-25(11-12-26(18)21)17-9-4-3-5-10-17/h3-10,13H,11-12,14H2,1-2H3. The molecule has 0 unspecified atom stereocenters. The highest BCUT2D eigenvalue weighted by Gasteiger charge is 2.28. The number of para-hydroxylation sites is 1. The molecule has 4 aromatic rings. The van der Waals surface area contributed by atoms with E-state index in [4.69, 9.17) is 0 Å². The van der Waals surface area contributed by atoms with Crippen LogP contribution in [0.2, 0.25) is 0 Å². The molecule has 0 atom stereocenters. The molecular weight excluding hydrogens is 366 g/mol. The molecule has 7 heteroatoms. The number of nitrogens with zero attached hydrogens (tertiary/aromatic N) is 5. The summed E-state index contributed by atoms with van der Waals surface area (Å²) in [6.45, 7) is 3.63. The van der Waals surface area contributed by atoms with Gasteiger partial charge in [-0.25, -0.2) is 4.79 Å². The number of fused-ring (bicyclic) bond motifs is 3. The van der Waals surface area contributed by atoms with Crippen molar-refractivity contribution < 1.29 is 0 Å². The van der Waals surface area contributed by atoms with E-state index < -0.39 is 0 Å². The van der Waals surface area contributed by atoms with Crippen molar-refractivity contribution in [1.29, 1.82) is 0 Å². The predicted octanol–water partition coefficient (Wildman–Crippen LogP) is 2.41. The summed E-state index contributed by atoms with van der Waals surface area (Å²) in [6, 6.07) is 17.8. The number of hydrogen-bond acceptors (Lipinski definition) is 4. The van der Waals surface area contributed by atoms with Crippen molar-refractivity contribution in [2.24, 2.45) is 7.05 Å². The zero-order valence-corrected chi connectivity index (χ0v) is 16.4. The van der Waals surface area contributed by atoms with E-state index in [1.807, 2.05) is 66.1 Å². The molecule has 0 saturated heterocycles. The topological polar surface area (TPSA) is 65.1 Å². The van der Waals surface area contributed by atoms with Gasteiger partial charge in [-0.3, -0.25) is 13.9 Å². The summed E-state index contributed by atoms with van der Waals surface area (Å²) in [5.41, 5.74) is 3.30. The van der Waals surface area contributed by atoms with Crippen LogP contribution in [0.25, 0.3) is 11.2 Å². The Morgan fingerprint density at radius 3 is 2.55 bits per heavy atom. The minimum atomic E-state index is -0.355. The van der Waals surface area contributed by atoms with Gasteiger partial charge in [0.05, 0.1) is 6.54 Å². The summed E-state index contributed by atoms with van der Waals surface area (Å²) in [7, 11) is 1.67. The first-order valence-electron chi connectivity index (χ1n) is 9.63. The van der Waals surface area contributed by atoms with Crippen molar-refractivity contribution in [2.45, 2.75) is 20.0 Å². The third kappa shape index (κ3) is 2.69. The maximum absolute atomic E-state index is 13.3. The van der Waals surface area contributed by atoms with Crippen LogP contribution in [-0.2, 0) is 20.1 Å². The molecule has 0 spiro atoms. The second-order valence-electron chi connectivity index (χ2n) is 7.44. The van der Waals surface area contributed by atoms with Gasteiger partial charge in [0, 0.05) is 25.8 Å². The van der Waals surface area contributed by atoms with Crippen molar-refractivity contribution in [3.8, 4) is 0 Å². The van der Waals surface area contributed by atoms with Crippen LogP contribution in [0.5, 0.6) is 0 Å². The molecule has 3 heterocycles. The number of benzene rings is 2. The summed E-state index contributed by atoms with van der Waals surface area (Å²) in [4.78, 5) is 33.0. The maximum atomic E-state index is 13.3. The number of rotatable bonds is 3. The fourth-order valence-electron chi connectivity index (χ4n) is 4.06. The van der Waals surface area contributed by atoms with Crippen LogP contribution in [0.1, 0.15) is 11.1 Å². The van der Waals surface area contributed by atoms with Gasteiger partial charge in [0.25, 0.3) is 5.56 Å². The molecule has 0 amide bonds. The Morgan fingerprint density at radius 2 is 1.79 bits per heavy atom. The van der Waals surface area contributed by atoms with Crippen LogP contribution in [0.4, 0.5) is 11.6 Å². The van der Waals surface area contributed by atoms with Crippen LogP contribution in [0.3, 0.4) is 0 Å². The van der Waals surface area contributed by atoms with Gasteiger partial charge >= 0.3 is 5.69 Å². The van der Waals surface area contributed by atoms with E-state index in [2.05, 4.69) is 9.88 Å². The van der Waals surface area contributed by atoms with E-state index in [9.17, 15) is 9.59 Å². The first kappa shape index (κ1) is 17.5. The normalized spacial score (nSPS) is 13.2. The molecule has 2 aromatic carbocycles. The quantitative estimate of drug-likeness (QED) is 0.542. The summed E-state index contributed by atoms with van der Waals surface area (Å²) >= 11 is 0. The highest BCUT2D eigenvalue weighted by atomic mass is 16.2. The van der Waals surface area contributed by atoms with Crippen molar-refractivity contribution in [3.63, 3.8) is 0 Å². The van der Waals surface area contributed by atoms with E-state index in [-0.39, 0.29) is 17.8 Å². The summed E-state index contributed by atoms with van der Waals surface area (Å²) < 4.78 is 4.70. The Hall–Kier alpha value is -3.61. The Bertz CT molecular complexity index is 1350. The van der Waals surface area contributed by atoms with Crippen LogP contribution in [0.15, 0.2) is 64.2 Å². The largest absolute Gasteiger partial charge is 0.332 e.